The van der Waals surface area contributed by atoms with Crippen LogP contribution in [0.25, 0.3) is 0 Å². The van der Waals surface area contributed by atoms with Gasteiger partial charge in [-0.3, -0.25) is 14.6 Å². The lowest BCUT2D eigenvalue weighted by Crippen LogP contribution is -2.27. The fraction of sp³-hybridized carbons (Fsp3) is 0.333. The van der Waals surface area contributed by atoms with Crippen molar-refractivity contribution in [2.45, 2.75) is 19.9 Å². The van der Waals surface area contributed by atoms with Gasteiger partial charge in [0.25, 0.3) is 0 Å². The number of amides is 2. The summed E-state index contributed by atoms with van der Waals surface area (Å²) in [5.41, 5.74) is 0.926. The molecule has 2 unspecified atom stereocenters. The summed E-state index contributed by atoms with van der Waals surface area (Å²) in [5, 5.41) is 9.17. The summed E-state index contributed by atoms with van der Waals surface area (Å²) in [7, 11) is 0. The zero-order chi connectivity index (χ0) is 15.5. The number of aryl methyl sites for hydroxylation is 1. The molecule has 2 atom stereocenters. The van der Waals surface area contributed by atoms with Crippen molar-refractivity contribution in [3.8, 4) is 0 Å². The smallest absolute Gasteiger partial charge is 0.229 e. The minimum absolute atomic E-state index is 0.111. The van der Waals surface area contributed by atoms with Crippen molar-refractivity contribution in [1.82, 2.24) is 15.5 Å². The predicted octanol–water partition coefficient (Wildman–Crippen LogP) is 1.27. The van der Waals surface area contributed by atoms with E-state index in [0.717, 1.165) is 5.56 Å². The first kappa shape index (κ1) is 14.2. The maximum atomic E-state index is 12.0. The van der Waals surface area contributed by atoms with Crippen molar-refractivity contribution in [3.05, 3.63) is 41.9 Å². The second-order valence-electron chi connectivity index (χ2n) is 5.34. The van der Waals surface area contributed by atoms with E-state index in [1.165, 1.54) is 0 Å². The van der Waals surface area contributed by atoms with Crippen LogP contribution >= 0.6 is 0 Å². The molecule has 114 valence electrons. The number of rotatable bonds is 5. The van der Waals surface area contributed by atoms with Crippen molar-refractivity contribution >= 4 is 17.6 Å². The molecule has 2 aromatic rings. The molecule has 0 aliphatic heterocycles. The van der Waals surface area contributed by atoms with Gasteiger partial charge in [-0.05, 0) is 25.0 Å². The lowest BCUT2D eigenvalue weighted by Gasteiger charge is -2.04. The molecule has 0 bridgehead atoms. The number of carbonyl (C=O) groups is 2. The van der Waals surface area contributed by atoms with Crippen LogP contribution in [0.4, 0.5) is 5.82 Å². The monoisotopic (exact) mass is 300 g/mol. The zero-order valence-corrected chi connectivity index (χ0v) is 12.1. The number of pyridine rings is 1. The first-order valence-corrected chi connectivity index (χ1v) is 7.04. The highest BCUT2D eigenvalue weighted by Crippen LogP contribution is 2.39. The summed E-state index contributed by atoms with van der Waals surface area (Å²) in [5.74, 6) is 0.117. The van der Waals surface area contributed by atoms with Crippen LogP contribution in [0, 0.1) is 18.8 Å². The molecule has 2 heterocycles. The van der Waals surface area contributed by atoms with E-state index in [0.29, 0.717) is 24.5 Å². The van der Waals surface area contributed by atoms with E-state index in [2.05, 4.69) is 20.8 Å². The Morgan fingerprint density at radius 3 is 2.86 bits per heavy atom. The third kappa shape index (κ3) is 3.30. The number of nitrogens with one attached hydrogen (secondary N) is 2. The van der Waals surface area contributed by atoms with Gasteiger partial charge in [-0.2, -0.15) is 0 Å². The Labute approximate surface area is 127 Å². The molecule has 0 radical (unpaired) electrons. The van der Waals surface area contributed by atoms with Crippen LogP contribution < -0.4 is 10.6 Å². The van der Waals surface area contributed by atoms with E-state index < -0.39 is 0 Å². The Morgan fingerprint density at radius 2 is 2.18 bits per heavy atom. The molecule has 22 heavy (non-hydrogen) atoms. The first-order valence-electron chi connectivity index (χ1n) is 7.04. The van der Waals surface area contributed by atoms with E-state index in [-0.39, 0.29) is 23.7 Å². The molecular weight excluding hydrogens is 284 g/mol. The number of anilines is 1. The van der Waals surface area contributed by atoms with Gasteiger partial charge in [0, 0.05) is 25.0 Å². The van der Waals surface area contributed by atoms with Gasteiger partial charge in [-0.15, -0.1) is 0 Å². The summed E-state index contributed by atoms with van der Waals surface area (Å²) < 4.78 is 4.88. The number of hydrogen-bond acceptors (Lipinski definition) is 5. The Kier molecular flexibility index (Phi) is 3.86. The molecule has 0 aromatic carbocycles. The van der Waals surface area contributed by atoms with Gasteiger partial charge in [0.15, 0.2) is 5.82 Å². The summed E-state index contributed by atoms with van der Waals surface area (Å²) >= 11 is 0. The second-order valence-corrected chi connectivity index (χ2v) is 5.34. The Bertz CT molecular complexity index is 683. The highest BCUT2D eigenvalue weighted by atomic mass is 16.5. The Morgan fingerprint density at radius 1 is 1.36 bits per heavy atom. The molecule has 2 aromatic heterocycles. The normalized spacial score (nSPS) is 19.5. The van der Waals surface area contributed by atoms with Gasteiger partial charge < -0.3 is 15.2 Å². The van der Waals surface area contributed by atoms with E-state index in [9.17, 15) is 9.59 Å². The van der Waals surface area contributed by atoms with Crippen LogP contribution in [-0.4, -0.2) is 22.0 Å². The average molecular weight is 300 g/mol. The highest BCUT2D eigenvalue weighted by Gasteiger charge is 2.48. The van der Waals surface area contributed by atoms with Crippen LogP contribution in [0.3, 0.4) is 0 Å². The predicted molar refractivity (Wildman–Crippen MR) is 77.6 cm³/mol. The van der Waals surface area contributed by atoms with Crippen molar-refractivity contribution in [2.75, 3.05) is 5.32 Å². The summed E-state index contributed by atoms with van der Waals surface area (Å²) in [6, 6.07) is 5.34. The van der Waals surface area contributed by atoms with E-state index >= 15 is 0 Å². The molecule has 0 spiro atoms. The number of aromatic nitrogens is 2. The van der Waals surface area contributed by atoms with Crippen LogP contribution in [0.5, 0.6) is 0 Å². The van der Waals surface area contributed by atoms with E-state index in [4.69, 9.17) is 4.52 Å². The fourth-order valence-corrected chi connectivity index (χ4v) is 2.24. The van der Waals surface area contributed by atoms with Gasteiger partial charge in [0.2, 0.25) is 11.8 Å². The largest absolute Gasteiger partial charge is 0.360 e. The molecular formula is C15H16N4O3. The van der Waals surface area contributed by atoms with Crippen LogP contribution in [0.15, 0.2) is 35.1 Å². The number of hydrogen-bond donors (Lipinski definition) is 2. The van der Waals surface area contributed by atoms with Crippen molar-refractivity contribution < 1.29 is 14.1 Å². The minimum atomic E-state index is -0.300. The quantitative estimate of drug-likeness (QED) is 0.866. The van der Waals surface area contributed by atoms with Gasteiger partial charge in [0.1, 0.15) is 5.76 Å². The molecule has 1 fully saturated rings. The summed E-state index contributed by atoms with van der Waals surface area (Å²) in [6.07, 6.45) is 3.93. The summed E-state index contributed by atoms with van der Waals surface area (Å²) in [4.78, 5) is 28.0. The second kappa shape index (κ2) is 5.97. The molecule has 2 amide bonds. The highest BCUT2D eigenvalue weighted by molar-refractivity contribution is 5.99. The van der Waals surface area contributed by atoms with Crippen LogP contribution in [-0.2, 0) is 16.1 Å². The van der Waals surface area contributed by atoms with Crippen molar-refractivity contribution in [2.24, 2.45) is 11.8 Å². The maximum Gasteiger partial charge on any atom is 0.229 e. The third-order valence-corrected chi connectivity index (χ3v) is 3.53. The van der Waals surface area contributed by atoms with Gasteiger partial charge in [-0.25, -0.2) is 0 Å². The SMILES string of the molecule is Cc1cc(NC(=O)C2CC2C(=O)NCc2cccnc2)no1. The molecule has 3 rings (SSSR count). The molecule has 7 nitrogen and oxygen atoms in total. The number of nitrogens with zero attached hydrogens (tertiary/aromatic N) is 2. The van der Waals surface area contributed by atoms with Gasteiger partial charge >= 0.3 is 0 Å². The molecule has 0 saturated heterocycles. The Balaban J connectivity index is 1.47. The Hall–Kier alpha value is -2.70. The van der Waals surface area contributed by atoms with Gasteiger partial charge in [-0.1, -0.05) is 11.2 Å². The molecule has 2 N–H and O–H groups in total. The van der Waals surface area contributed by atoms with Crippen LogP contribution in [0.1, 0.15) is 17.7 Å². The lowest BCUT2D eigenvalue weighted by molar-refractivity contribution is -0.125. The standard InChI is InChI=1S/C15H16N4O3/c1-9-5-13(19-22-9)18-15(21)12-6-11(12)14(20)17-8-10-3-2-4-16-7-10/h2-5,7,11-12H,6,8H2,1H3,(H,17,20)(H,18,19,21). The van der Waals surface area contributed by atoms with Gasteiger partial charge in [0.05, 0.1) is 11.8 Å². The third-order valence-electron chi connectivity index (χ3n) is 3.53. The molecule has 7 heteroatoms. The summed E-state index contributed by atoms with van der Waals surface area (Å²) in [6.45, 7) is 2.16. The lowest BCUT2D eigenvalue weighted by atomic mass is 10.2. The zero-order valence-electron chi connectivity index (χ0n) is 12.1. The molecule has 1 saturated carbocycles. The van der Waals surface area contributed by atoms with E-state index in [1.54, 1.807) is 25.4 Å². The number of carbonyl (C=O) groups excluding carboxylic acids is 2. The van der Waals surface area contributed by atoms with E-state index in [1.807, 2.05) is 12.1 Å². The van der Waals surface area contributed by atoms with Crippen molar-refractivity contribution in [1.29, 1.82) is 0 Å². The average Bonchev–Trinajstić information content (AvgIpc) is 3.23. The van der Waals surface area contributed by atoms with Crippen LogP contribution in [0.2, 0.25) is 0 Å². The van der Waals surface area contributed by atoms with Crippen molar-refractivity contribution in [3.63, 3.8) is 0 Å². The minimum Gasteiger partial charge on any atom is -0.360 e. The molecule has 1 aliphatic carbocycles. The molecule has 1 aliphatic rings. The maximum absolute atomic E-state index is 12.0. The first-order chi connectivity index (χ1) is 10.6. The fourth-order valence-electron chi connectivity index (χ4n) is 2.24. The topological polar surface area (TPSA) is 97.1 Å².